The van der Waals surface area contributed by atoms with Crippen molar-refractivity contribution in [3.05, 3.63) is 133 Å². The zero-order valence-electron chi connectivity index (χ0n) is 18.1. The minimum Gasteiger partial charge on any atom is -0.455 e. The molecule has 0 saturated carbocycles. The number of hydrogen-bond donors (Lipinski definition) is 0. The molecule has 1 nitrogen and oxygen atoms in total. The van der Waals surface area contributed by atoms with Gasteiger partial charge in [0.15, 0.2) is 0 Å². The van der Waals surface area contributed by atoms with Crippen molar-refractivity contribution in [2.24, 2.45) is 0 Å². The van der Waals surface area contributed by atoms with E-state index in [4.69, 9.17) is 4.42 Å². The van der Waals surface area contributed by atoms with Crippen LogP contribution in [-0.4, -0.2) is 0 Å². The average molecular weight is 423 g/mol. The van der Waals surface area contributed by atoms with Crippen molar-refractivity contribution in [1.29, 1.82) is 0 Å². The van der Waals surface area contributed by atoms with Gasteiger partial charge in [-0.3, -0.25) is 0 Å². The molecule has 1 heteroatoms. The highest BCUT2D eigenvalue weighted by molar-refractivity contribution is 6.04. The maximum atomic E-state index is 6.69. The van der Waals surface area contributed by atoms with Crippen LogP contribution >= 0.6 is 0 Å². The standard InChI is InChI=1S/C32H22O/c1-3-12-23(13-4-1)25-16-11-17-26(22-25)31-29-20-9-10-21-30(29)32(33-31)28-19-8-7-18-27(28)24-14-5-2-6-15-24/h1-22H. The lowest BCUT2D eigenvalue weighted by Crippen LogP contribution is -1.83. The number of fused-ring (bicyclic) bond motifs is 1. The zero-order valence-corrected chi connectivity index (χ0v) is 18.1. The van der Waals surface area contributed by atoms with Gasteiger partial charge in [-0.25, -0.2) is 0 Å². The van der Waals surface area contributed by atoms with Crippen molar-refractivity contribution >= 4 is 10.8 Å². The molecule has 0 spiro atoms. The van der Waals surface area contributed by atoms with Crippen LogP contribution in [0.15, 0.2) is 138 Å². The summed E-state index contributed by atoms with van der Waals surface area (Å²) in [5.74, 6) is 1.81. The van der Waals surface area contributed by atoms with Crippen LogP contribution in [0.1, 0.15) is 0 Å². The van der Waals surface area contributed by atoms with E-state index in [0.29, 0.717) is 0 Å². The van der Waals surface area contributed by atoms with Gasteiger partial charge in [-0.2, -0.15) is 0 Å². The van der Waals surface area contributed by atoms with Gasteiger partial charge >= 0.3 is 0 Å². The quantitative estimate of drug-likeness (QED) is 0.276. The van der Waals surface area contributed by atoms with Gasteiger partial charge in [0, 0.05) is 21.9 Å². The third-order valence-corrected chi connectivity index (χ3v) is 6.11. The second kappa shape index (κ2) is 8.29. The molecule has 0 fully saturated rings. The van der Waals surface area contributed by atoms with Crippen LogP contribution in [-0.2, 0) is 0 Å². The Morgan fingerprint density at radius 1 is 0.333 bits per heavy atom. The van der Waals surface area contributed by atoms with Crippen LogP contribution in [0.3, 0.4) is 0 Å². The largest absolute Gasteiger partial charge is 0.455 e. The molecule has 0 aliphatic heterocycles. The van der Waals surface area contributed by atoms with Crippen molar-refractivity contribution in [2.45, 2.75) is 0 Å². The predicted octanol–water partition coefficient (Wildman–Crippen LogP) is 9.10. The van der Waals surface area contributed by atoms with E-state index in [9.17, 15) is 0 Å². The minimum atomic E-state index is 0.904. The molecule has 1 aromatic heterocycles. The lowest BCUT2D eigenvalue weighted by molar-refractivity contribution is 0.602. The number of benzene rings is 5. The Bertz CT molecular complexity index is 1540. The monoisotopic (exact) mass is 422 g/mol. The van der Waals surface area contributed by atoms with Gasteiger partial charge in [0.2, 0.25) is 0 Å². The normalized spacial score (nSPS) is 11.0. The topological polar surface area (TPSA) is 13.1 Å². The van der Waals surface area contributed by atoms with Crippen LogP contribution in [0.2, 0.25) is 0 Å². The molecule has 6 rings (SSSR count). The SMILES string of the molecule is c1ccc(-c2cccc(-c3oc(-c4ccccc4-c4ccccc4)c4ccccc34)c2)cc1. The molecule has 6 aromatic rings. The molecule has 0 atom stereocenters. The molecule has 0 amide bonds. The molecule has 0 unspecified atom stereocenters. The summed E-state index contributed by atoms with van der Waals surface area (Å²) in [6.45, 7) is 0. The van der Waals surface area contributed by atoms with Gasteiger partial charge in [-0.1, -0.05) is 127 Å². The first kappa shape index (κ1) is 19.3. The second-order valence-electron chi connectivity index (χ2n) is 8.16. The fourth-order valence-electron chi connectivity index (χ4n) is 4.53. The lowest BCUT2D eigenvalue weighted by Gasteiger charge is -2.08. The number of furan rings is 1. The second-order valence-corrected chi connectivity index (χ2v) is 8.16. The summed E-state index contributed by atoms with van der Waals surface area (Å²) in [5.41, 5.74) is 6.91. The van der Waals surface area contributed by atoms with E-state index in [2.05, 4.69) is 121 Å². The van der Waals surface area contributed by atoms with Crippen LogP contribution in [0.5, 0.6) is 0 Å². The summed E-state index contributed by atoms with van der Waals surface area (Å²) < 4.78 is 6.69. The smallest absolute Gasteiger partial charge is 0.143 e. The average Bonchev–Trinajstić information content (AvgIpc) is 3.29. The summed E-state index contributed by atoms with van der Waals surface area (Å²) >= 11 is 0. The molecule has 0 saturated heterocycles. The molecule has 5 aromatic carbocycles. The van der Waals surface area contributed by atoms with E-state index in [-0.39, 0.29) is 0 Å². The Morgan fingerprint density at radius 3 is 1.58 bits per heavy atom. The molecule has 0 N–H and O–H groups in total. The highest BCUT2D eigenvalue weighted by Crippen LogP contribution is 2.42. The fraction of sp³-hybridized carbons (Fsp3) is 0. The van der Waals surface area contributed by atoms with Crippen molar-refractivity contribution in [3.8, 4) is 44.9 Å². The highest BCUT2D eigenvalue weighted by Gasteiger charge is 2.19. The van der Waals surface area contributed by atoms with Crippen LogP contribution in [0.25, 0.3) is 55.7 Å². The van der Waals surface area contributed by atoms with Crippen molar-refractivity contribution in [1.82, 2.24) is 0 Å². The van der Waals surface area contributed by atoms with Gasteiger partial charge in [-0.05, 0) is 28.3 Å². The van der Waals surface area contributed by atoms with Gasteiger partial charge in [0.05, 0.1) is 0 Å². The summed E-state index contributed by atoms with van der Waals surface area (Å²) in [5, 5.41) is 2.25. The fourth-order valence-corrected chi connectivity index (χ4v) is 4.53. The maximum absolute atomic E-state index is 6.69. The van der Waals surface area contributed by atoms with Gasteiger partial charge in [0.1, 0.15) is 11.5 Å². The van der Waals surface area contributed by atoms with Gasteiger partial charge in [0.25, 0.3) is 0 Å². The van der Waals surface area contributed by atoms with Gasteiger partial charge < -0.3 is 4.42 Å². The molecule has 0 aliphatic carbocycles. The van der Waals surface area contributed by atoms with E-state index in [1.54, 1.807) is 0 Å². The zero-order chi connectivity index (χ0) is 22.0. The number of hydrogen-bond acceptors (Lipinski definition) is 1. The first-order chi connectivity index (χ1) is 16.4. The van der Waals surface area contributed by atoms with Crippen molar-refractivity contribution in [2.75, 3.05) is 0 Å². The molecule has 0 radical (unpaired) electrons. The Balaban J connectivity index is 1.55. The van der Waals surface area contributed by atoms with Crippen LogP contribution in [0, 0.1) is 0 Å². The lowest BCUT2D eigenvalue weighted by atomic mass is 9.96. The number of rotatable bonds is 4. The van der Waals surface area contributed by atoms with Gasteiger partial charge in [-0.15, -0.1) is 0 Å². The molecular formula is C32H22O. The van der Waals surface area contributed by atoms with Crippen LogP contribution < -0.4 is 0 Å². The summed E-state index contributed by atoms with van der Waals surface area (Å²) in [7, 11) is 0. The van der Waals surface area contributed by atoms with E-state index in [1.165, 1.54) is 22.3 Å². The molecule has 33 heavy (non-hydrogen) atoms. The minimum absolute atomic E-state index is 0.904. The third-order valence-electron chi connectivity index (χ3n) is 6.11. The first-order valence-electron chi connectivity index (χ1n) is 11.2. The Morgan fingerprint density at radius 2 is 0.848 bits per heavy atom. The molecular weight excluding hydrogens is 400 g/mol. The predicted molar refractivity (Wildman–Crippen MR) is 138 cm³/mol. The third kappa shape index (κ3) is 3.54. The first-order valence-corrected chi connectivity index (χ1v) is 11.2. The Kier molecular flexibility index (Phi) is 4.86. The molecule has 1 heterocycles. The molecule has 0 bridgehead atoms. The molecule has 156 valence electrons. The summed E-state index contributed by atoms with van der Waals surface area (Å²) in [6.07, 6.45) is 0. The molecule has 0 aliphatic rings. The Hall–Kier alpha value is -4.36. The maximum Gasteiger partial charge on any atom is 0.143 e. The van der Waals surface area contributed by atoms with E-state index in [0.717, 1.165) is 33.4 Å². The van der Waals surface area contributed by atoms with E-state index < -0.39 is 0 Å². The summed E-state index contributed by atoms with van der Waals surface area (Å²) in [4.78, 5) is 0. The van der Waals surface area contributed by atoms with E-state index >= 15 is 0 Å². The summed E-state index contributed by atoms with van der Waals surface area (Å²) in [6, 6.07) is 46.5. The van der Waals surface area contributed by atoms with Crippen molar-refractivity contribution < 1.29 is 4.42 Å². The highest BCUT2D eigenvalue weighted by atomic mass is 16.3. The van der Waals surface area contributed by atoms with Crippen molar-refractivity contribution in [3.63, 3.8) is 0 Å². The van der Waals surface area contributed by atoms with Crippen LogP contribution in [0.4, 0.5) is 0 Å². The Labute approximate surface area is 193 Å². The van der Waals surface area contributed by atoms with E-state index in [1.807, 2.05) is 12.1 Å².